The number of halogens is 1. The summed E-state index contributed by atoms with van der Waals surface area (Å²) in [5.41, 5.74) is 4.74. The normalized spacial score (nSPS) is 14.7. The number of carbonyl (C=O) groups excluding carboxylic acids is 1. The van der Waals surface area contributed by atoms with Gasteiger partial charge in [-0.3, -0.25) is 4.79 Å². The van der Waals surface area contributed by atoms with E-state index in [4.69, 9.17) is 11.6 Å². The quantitative estimate of drug-likeness (QED) is 0.727. The molecule has 5 heteroatoms. The van der Waals surface area contributed by atoms with Crippen molar-refractivity contribution in [2.45, 2.75) is 19.8 Å². The monoisotopic (exact) mass is 381 g/mol. The lowest BCUT2D eigenvalue weighted by Crippen LogP contribution is -2.49. The Morgan fingerprint density at radius 2 is 1.89 bits per heavy atom. The second kappa shape index (κ2) is 7.65. The molecule has 1 aliphatic heterocycles. The van der Waals surface area contributed by atoms with Crippen molar-refractivity contribution < 1.29 is 4.79 Å². The number of nitrogens with zero attached hydrogens (tertiary/aromatic N) is 2. The number of amides is 1. The first kappa shape index (κ1) is 17.9. The van der Waals surface area contributed by atoms with Crippen LogP contribution in [0.2, 0.25) is 5.02 Å². The van der Waals surface area contributed by atoms with Gasteiger partial charge in [-0.15, -0.1) is 0 Å². The van der Waals surface area contributed by atoms with Gasteiger partial charge in [0.1, 0.15) is 0 Å². The predicted molar refractivity (Wildman–Crippen MR) is 112 cm³/mol. The lowest BCUT2D eigenvalue weighted by atomic mass is 10.1. The first-order valence-corrected chi connectivity index (χ1v) is 9.83. The zero-order chi connectivity index (χ0) is 18.8. The van der Waals surface area contributed by atoms with E-state index in [1.165, 1.54) is 22.2 Å². The summed E-state index contributed by atoms with van der Waals surface area (Å²) in [6.07, 6.45) is 3.35. The SMILES string of the molecule is Cc1ccc(Cl)cc1N1CCN(C(=O)CCc2c[nH]c3ccccc23)CC1. The Kier molecular flexibility index (Phi) is 5.08. The molecular weight excluding hydrogens is 358 g/mol. The van der Waals surface area contributed by atoms with Crippen LogP contribution in [0, 0.1) is 6.92 Å². The van der Waals surface area contributed by atoms with Gasteiger partial charge in [0.2, 0.25) is 5.91 Å². The molecular formula is C22H24ClN3O. The van der Waals surface area contributed by atoms with Crippen LogP contribution in [0.15, 0.2) is 48.7 Å². The summed E-state index contributed by atoms with van der Waals surface area (Å²) in [4.78, 5) is 20.3. The number of rotatable bonds is 4. The number of aromatic amines is 1. The molecule has 1 aliphatic rings. The second-order valence-corrected chi connectivity index (χ2v) is 7.59. The number of benzene rings is 2. The number of anilines is 1. The number of nitrogens with one attached hydrogen (secondary N) is 1. The molecule has 2 heterocycles. The fourth-order valence-electron chi connectivity index (χ4n) is 3.86. The zero-order valence-corrected chi connectivity index (χ0v) is 16.3. The van der Waals surface area contributed by atoms with E-state index in [0.29, 0.717) is 6.42 Å². The summed E-state index contributed by atoms with van der Waals surface area (Å²) in [5.74, 6) is 0.239. The molecule has 4 nitrogen and oxygen atoms in total. The Hall–Kier alpha value is -2.46. The third-order valence-corrected chi connectivity index (χ3v) is 5.66. The molecule has 2 aromatic carbocycles. The van der Waals surface area contributed by atoms with Crippen molar-refractivity contribution >= 4 is 34.1 Å². The van der Waals surface area contributed by atoms with Gasteiger partial charge in [0, 0.05) is 60.4 Å². The smallest absolute Gasteiger partial charge is 0.223 e. The molecule has 4 rings (SSSR count). The van der Waals surface area contributed by atoms with Gasteiger partial charge in [0.15, 0.2) is 0 Å². The molecule has 1 saturated heterocycles. The summed E-state index contributed by atoms with van der Waals surface area (Å²) >= 11 is 6.15. The molecule has 27 heavy (non-hydrogen) atoms. The average Bonchev–Trinajstić information content (AvgIpc) is 3.11. The van der Waals surface area contributed by atoms with Crippen molar-refractivity contribution in [2.75, 3.05) is 31.1 Å². The summed E-state index contributed by atoms with van der Waals surface area (Å²) < 4.78 is 0. The number of aryl methyl sites for hydroxylation is 2. The van der Waals surface area contributed by atoms with Gasteiger partial charge >= 0.3 is 0 Å². The molecule has 1 fully saturated rings. The predicted octanol–water partition coefficient (Wildman–Crippen LogP) is 4.41. The van der Waals surface area contributed by atoms with Crippen LogP contribution in [-0.4, -0.2) is 42.0 Å². The van der Waals surface area contributed by atoms with Gasteiger partial charge in [0.25, 0.3) is 0 Å². The molecule has 1 amide bonds. The number of piperazine rings is 1. The van der Waals surface area contributed by atoms with E-state index in [-0.39, 0.29) is 5.91 Å². The van der Waals surface area contributed by atoms with Gasteiger partial charge in [0.05, 0.1) is 0 Å². The third kappa shape index (κ3) is 3.81. The Morgan fingerprint density at radius 3 is 2.70 bits per heavy atom. The number of aromatic nitrogens is 1. The van der Waals surface area contributed by atoms with Gasteiger partial charge in [-0.25, -0.2) is 0 Å². The van der Waals surface area contributed by atoms with Crippen LogP contribution >= 0.6 is 11.6 Å². The average molecular weight is 382 g/mol. The molecule has 0 aliphatic carbocycles. The largest absolute Gasteiger partial charge is 0.368 e. The van der Waals surface area contributed by atoms with Crippen LogP contribution in [0.4, 0.5) is 5.69 Å². The van der Waals surface area contributed by atoms with Gasteiger partial charge < -0.3 is 14.8 Å². The van der Waals surface area contributed by atoms with E-state index in [1.807, 2.05) is 35.4 Å². The number of hydrogen-bond donors (Lipinski definition) is 1. The highest BCUT2D eigenvalue weighted by molar-refractivity contribution is 6.30. The van der Waals surface area contributed by atoms with Crippen LogP contribution in [0.3, 0.4) is 0 Å². The third-order valence-electron chi connectivity index (χ3n) is 5.43. The van der Waals surface area contributed by atoms with E-state index in [2.05, 4.69) is 35.0 Å². The molecule has 3 aromatic rings. The Labute approximate surface area is 164 Å². The van der Waals surface area contributed by atoms with Crippen molar-refractivity contribution in [1.29, 1.82) is 0 Å². The van der Waals surface area contributed by atoms with Crippen molar-refractivity contribution in [3.05, 3.63) is 64.8 Å². The van der Waals surface area contributed by atoms with E-state index >= 15 is 0 Å². The van der Waals surface area contributed by atoms with Crippen molar-refractivity contribution in [2.24, 2.45) is 0 Å². The number of para-hydroxylation sites is 1. The Bertz CT molecular complexity index is 957. The molecule has 0 spiro atoms. The van der Waals surface area contributed by atoms with Gasteiger partial charge in [-0.2, -0.15) is 0 Å². The van der Waals surface area contributed by atoms with Crippen LogP contribution in [0.5, 0.6) is 0 Å². The molecule has 0 atom stereocenters. The maximum absolute atomic E-state index is 12.7. The zero-order valence-electron chi connectivity index (χ0n) is 15.5. The highest BCUT2D eigenvalue weighted by atomic mass is 35.5. The maximum atomic E-state index is 12.7. The van der Waals surface area contributed by atoms with Gasteiger partial charge in [-0.1, -0.05) is 35.9 Å². The number of fused-ring (bicyclic) bond motifs is 1. The van der Waals surface area contributed by atoms with E-state index < -0.39 is 0 Å². The number of carbonyl (C=O) groups is 1. The summed E-state index contributed by atoms with van der Waals surface area (Å²) in [5, 5.41) is 1.97. The highest BCUT2D eigenvalue weighted by Crippen LogP contribution is 2.25. The molecule has 1 N–H and O–H groups in total. The molecule has 0 bridgehead atoms. The fourth-order valence-corrected chi connectivity index (χ4v) is 4.02. The summed E-state index contributed by atoms with van der Waals surface area (Å²) in [6, 6.07) is 14.2. The Balaban J connectivity index is 1.34. The standard InChI is InChI=1S/C22H24ClN3O/c1-16-6-8-18(23)14-21(16)25-10-12-26(13-11-25)22(27)9-7-17-15-24-20-5-3-2-4-19(17)20/h2-6,8,14-15,24H,7,9-13H2,1H3. The first-order valence-electron chi connectivity index (χ1n) is 9.46. The van der Waals surface area contributed by atoms with Crippen LogP contribution in [0.1, 0.15) is 17.5 Å². The minimum Gasteiger partial charge on any atom is -0.368 e. The minimum atomic E-state index is 0.239. The molecule has 0 unspecified atom stereocenters. The fraction of sp³-hybridized carbons (Fsp3) is 0.318. The van der Waals surface area contributed by atoms with Crippen molar-refractivity contribution in [1.82, 2.24) is 9.88 Å². The Morgan fingerprint density at radius 1 is 1.11 bits per heavy atom. The molecule has 1 aromatic heterocycles. The van der Waals surface area contributed by atoms with E-state index in [1.54, 1.807) is 0 Å². The number of hydrogen-bond acceptors (Lipinski definition) is 2. The second-order valence-electron chi connectivity index (χ2n) is 7.16. The topological polar surface area (TPSA) is 39.3 Å². The molecule has 0 saturated carbocycles. The molecule has 0 radical (unpaired) electrons. The number of H-pyrrole nitrogens is 1. The maximum Gasteiger partial charge on any atom is 0.223 e. The van der Waals surface area contributed by atoms with Crippen LogP contribution < -0.4 is 4.90 Å². The highest BCUT2D eigenvalue weighted by Gasteiger charge is 2.22. The summed E-state index contributed by atoms with van der Waals surface area (Å²) in [6.45, 7) is 5.32. The van der Waals surface area contributed by atoms with Crippen molar-refractivity contribution in [3.63, 3.8) is 0 Å². The summed E-state index contributed by atoms with van der Waals surface area (Å²) in [7, 11) is 0. The van der Waals surface area contributed by atoms with Crippen LogP contribution in [0.25, 0.3) is 10.9 Å². The van der Waals surface area contributed by atoms with E-state index in [0.717, 1.165) is 43.1 Å². The first-order chi connectivity index (χ1) is 13.1. The lowest BCUT2D eigenvalue weighted by molar-refractivity contribution is -0.131. The van der Waals surface area contributed by atoms with Crippen LogP contribution in [-0.2, 0) is 11.2 Å². The lowest BCUT2D eigenvalue weighted by Gasteiger charge is -2.37. The van der Waals surface area contributed by atoms with E-state index in [9.17, 15) is 4.79 Å². The van der Waals surface area contributed by atoms with Gasteiger partial charge in [-0.05, 0) is 42.7 Å². The van der Waals surface area contributed by atoms with Crippen molar-refractivity contribution in [3.8, 4) is 0 Å². The minimum absolute atomic E-state index is 0.239. The molecule has 140 valence electrons.